The maximum absolute atomic E-state index is 12.2. The average Bonchev–Trinajstić information content (AvgIpc) is 2.38. The van der Waals surface area contributed by atoms with Crippen molar-refractivity contribution in [3.8, 4) is 0 Å². The van der Waals surface area contributed by atoms with E-state index in [1.54, 1.807) is 0 Å². The molecule has 0 aliphatic carbocycles. The average molecular weight is 268 g/mol. The molecule has 0 saturated carbocycles. The Morgan fingerprint density at radius 3 is 2.11 bits per heavy atom. The molecule has 0 spiro atoms. The highest BCUT2D eigenvalue weighted by atomic mass is 35.5. The van der Waals surface area contributed by atoms with E-state index in [1.165, 1.54) is 11.1 Å². The van der Waals surface area contributed by atoms with Crippen LogP contribution in [0, 0.1) is 5.41 Å². The summed E-state index contributed by atoms with van der Waals surface area (Å²) in [4.78, 5) is 12.2. The van der Waals surface area contributed by atoms with E-state index in [1.807, 2.05) is 19.9 Å². The molecule has 1 rings (SSSR count). The molecule has 0 unspecified atom stereocenters. The number of benzene rings is 1. The molecule has 1 aromatic carbocycles. The van der Waals surface area contributed by atoms with E-state index in [4.69, 9.17) is 11.6 Å². The van der Waals surface area contributed by atoms with Crippen molar-refractivity contribution in [1.29, 1.82) is 0 Å². The quantitative estimate of drug-likeness (QED) is 0.803. The standard InChI is InChI=1S/C15H22ClNO/c1-5-11-8-7-9-12(6-2)13(11)17-14(18)15(3,4)10-16/h7-9H,5-6,10H2,1-4H3,(H,17,18). The molecule has 0 aliphatic rings. The third-order valence-corrected chi connectivity index (χ3v) is 3.85. The second-order valence-corrected chi connectivity index (χ2v) is 5.40. The van der Waals surface area contributed by atoms with Gasteiger partial charge in [-0.25, -0.2) is 0 Å². The predicted molar refractivity (Wildman–Crippen MR) is 78.3 cm³/mol. The number of anilines is 1. The fourth-order valence-corrected chi connectivity index (χ4v) is 1.87. The third-order valence-electron chi connectivity index (χ3n) is 3.19. The second-order valence-electron chi connectivity index (χ2n) is 5.13. The monoisotopic (exact) mass is 267 g/mol. The van der Waals surface area contributed by atoms with Crippen LogP contribution in [0.5, 0.6) is 0 Å². The Kier molecular flexibility index (Phi) is 5.21. The molecule has 2 nitrogen and oxygen atoms in total. The number of hydrogen-bond acceptors (Lipinski definition) is 1. The fraction of sp³-hybridized carbons (Fsp3) is 0.533. The number of para-hydroxylation sites is 1. The highest BCUT2D eigenvalue weighted by molar-refractivity contribution is 6.20. The van der Waals surface area contributed by atoms with E-state index in [0.29, 0.717) is 5.88 Å². The number of alkyl halides is 1. The lowest BCUT2D eigenvalue weighted by atomic mass is 9.94. The first-order valence-electron chi connectivity index (χ1n) is 6.44. The number of rotatable bonds is 5. The Bertz CT molecular complexity index is 404. The van der Waals surface area contributed by atoms with Gasteiger partial charge in [0.15, 0.2) is 0 Å². The van der Waals surface area contributed by atoms with Crippen LogP contribution in [0.2, 0.25) is 0 Å². The van der Waals surface area contributed by atoms with Gasteiger partial charge >= 0.3 is 0 Å². The summed E-state index contributed by atoms with van der Waals surface area (Å²) in [5, 5.41) is 3.05. The SMILES string of the molecule is CCc1cccc(CC)c1NC(=O)C(C)(C)CCl. The summed E-state index contributed by atoms with van der Waals surface area (Å²) < 4.78 is 0. The van der Waals surface area contributed by atoms with Gasteiger partial charge in [0.25, 0.3) is 0 Å². The number of hydrogen-bond donors (Lipinski definition) is 1. The van der Waals surface area contributed by atoms with Crippen molar-refractivity contribution in [3.63, 3.8) is 0 Å². The Balaban J connectivity index is 3.06. The molecule has 0 bridgehead atoms. The van der Waals surface area contributed by atoms with Gasteiger partial charge in [-0.2, -0.15) is 0 Å². The minimum Gasteiger partial charge on any atom is -0.325 e. The topological polar surface area (TPSA) is 29.1 Å². The third kappa shape index (κ3) is 3.26. The van der Waals surface area contributed by atoms with Crippen LogP contribution in [-0.4, -0.2) is 11.8 Å². The van der Waals surface area contributed by atoms with Crippen LogP contribution in [0.1, 0.15) is 38.8 Å². The summed E-state index contributed by atoms with van der Waals surface area (Å²) in [5.41, 5.74) is 2.76. The van der Waals surface area contributed by atoms with Crippen LogP contribution >= 0.6 is 11.6 Å². The molecular formula is C15H22ClNO. The van der Waals surface area contributed by atoms with Crippen molar-refractivity contribution < 1.29 is 4.79 Å². The smallest absolute Gasteiger partial charge is 0.231 e. The van der Waals surface area contributed by atoms with E-state index in [2.05, 4.69) is 31.3 Å². The lowest BCUT2D eigenvalue weighted by Gasteiger charge is -2.23. The minimum atomic E-state index is -0.548. The van der Waals surface area contributed by atoms with Crippen LogP contribution in [0.4, 0.5) is 5.69 Å². The summed E-state index contributed by atoms with van der Waals surface area (Å²) in [6, 6.07) is 6.16. The van der Waals surface area contributed by atoms with Crippen molar-refractivity contribution in [2.45, 2.75) is 40.5 Å². The summed E-state index contributed by atoms with van der Waals surface area (Å²) in [6.45, 7) is 7.90. The fourth-order valence-electron chi connectivity index (χ4n) is 1.75. The summed E-state index contributed by atoms with van der Waals surface area (Å²) in [5.74, 6) is 0.294. The van der Waals surface area contributed by atoms with Gasteiger partial charge in [0.2, 0.25) is 5.91 Å². The summed E-state index contributed by atoms with van der Waals surface area (Å²) >= 11 is 5.84. The number of nitrogens with one attached hydrogen (secondary N) is 1. The Morgan fingerprint density at radius 2 is 1.72 bits per heavy atom. The van der Waals surface area contributed by atoms with Crippen molar-refractivity contribution in [3.05, 3.63) is 29.3 Å². The first-order chi connectivity index (χ1) is 8.46. The van der Waals surface area contributed by atoms with Crippen LogP contribution in [0.3, 0.4) is 0 Å². The number of halogens is 1. The van der Waals surface area contributed by atoms with Gasteiger partial charge in [0, 0.05) is 11.6 Å². The molecule has 0 heterocycles. The summed E-state index contributed by atoms with van der Waals surface area (Å²) in [6.07, 6.45) is 1.81. The Hall–Kier alpha value is -1.02. The van der Waals surface area contributed by atoms with Crippen LogP contribution in [0.25, 0.3) is 0 Å². The highest BCUT2D eigenvalue weighted by Gasteiger charge is 2.27. The van der Waals surface area contributed by atoms with Crippen LogP contribution in [0.15, 0.2) is 18.2 Å². The lowest BCUT2D eigenvalue weighted by Crippen LogP contribution is -2.32. The first kappa shape index (κ1) is 15.0. The van der Waals surface area contributed by atoms with E-state index in [0.717, 1.165) is 18.5 Å². The predicted octanol–water partition coefficient (Wildman–Crippen LogP) is 4.01. The van der Waals surface area contributed by atoms with E-state index in [9.17, 15) is 4.79 Å². The molecule has 3 heteroatoms. The van der Waals surface area contributed by atoms with Gasteiger partial charge in [-0.05, 0) is 37.8 Å². The van der Waals surface area contributed by atoms with E-state index in [-0.39, 0.29) is 5.91 Å². The van der Waals surface area contributed by atoms with Crippen LogP contribution < -0.4 is 5.32 Å². The van der Waals surface area contributed by atoms with Gasteiger partial charge in [0.1, 0.15) is 0 Å². The molecule has 0 fully saturated rings. The van der Waals surface area contributed by atoms with Gasteiger partial charge in [-0.3, -0.25) is 4.79 Å². The van der Waals surface area contributed by atoms with Crippen molar-refractivity contribution in [2.24, 2.45) is 5.41 Å². The first-order valence-corrected chi connectivity index (χ1v) is 6.97. The normalized spacial score (nSPS) is 11.4. The van der Waals surface area contributed by atoms with E-state index >= 15 is 0 Å². The molecule has 1 amide bonds. The molecule has 1 aromatic rings. The second kappa shape index (κ2) is 6.24. The molecule has 0 atom stereocenters. The molecule has 18 heavy (non-hydrogen) atoms. The van der Waals surface area contributed by atoms with Crippen molar-refractivity contribution in [2.75, 3.05) is 11.2 Å². The number of aryl methyl sites for hydroxylation is 2. The zero-order valence-electron chi connectivity index (χ0n) is 11.6. The van der Waals surface area contributed by atoms with Gasteiger partial charge in [-0.1, -0.05) is 32.0 Å². The maximum Gasteiger partial charge on any atom is 0.231 e. The largest absolute Gasteiger partial charge is 0.325 e. The lowest BCUT2D eigenvalue weighted by molar-refractivity contribution is -0.122. The Labute approximate surface area is 115 Å². The maximum atomic E-state index is 12.2. The zero-order valence-corrected chi connectivity index (χ0v) is 12.4. The van der Waals surface area contributed by atoms with Gasteiger partial charge < -0.3 is 5.32 Å². The molecular weight excluding hydrogens is 246 g/mol. The molecule has 0 saturated heterocycles. The van der Waals surface area contributed by atoms with Gasteiger partial charge in [-0.15, -0.1) is 11.6 Å². The highest BCUT2D eigenvalue weighted by Crippen LogP contribution is 2.26. The molecule has 100 valence electrons. The number of amides is 1. The molecule has 0 radical (unpaired) electrons. The van der Waals surface area contributed by atoms with E-state index < -0.39 is 5.41 Å². The molecule has 0 aliphatic heterocycles. The Morgan fingerprint density at radius 1 is 1.22 bits per heavy atom. The summed E-state index contributed by atoms with van der Waals surface area (Å²) in [7, 11) is 0. The molecule has 1 N–H and O–H groups in total. The number of carbonyl (C=O) groups excluding carboxylic acids is 1. The molecule has 0 aromatic heterocycles. The van der Waals surface area contributed by atoms with Crippen LogP contribution in [-0.2, 0) is 17.6 Å². The van der Waals surface area contributed by atoms with Gasteiger partial charge in [0.05, 0.1) is 5.41 Å². The zero-order chi connectivity index (χ0) is 13.8. The van der Waals surface area contributed by atoms with Crippen molar-refractivity contribution in [1.82, 2.24) is 0 Å². The minimum absolute atomic E-state index is 0.0203. The number of carbonyl (C=O) groups is 1. The van der Waals surface area contributed by atoms with Crippen molar-refractivity contribution >= 4 is 23.2 Å².